The van der Waals surface area contributed by atoms with Crippen molar-refractivity contribution in [2.75, 3.05) is 6.61 Å². The van der Waals surface area contributed by atoms with E-state index in [1.165, 1.54) is 21.7 Å². The van der Waals surface area contributed by atoms with Crippen molar-refractivity contribution in [3.05, 3.63) is 67.3 Å². The van der Waals surface area contributed by atoms with E-state index in [4.69, 9.17) is 9.47 Å². The van der Waals surface area contributed by atoms with Crippen molar-refractivity contribution in [3.8, 4) is 5.75 Å². The summed E-state index contributed by atoms with van der Waals surface area (Å²) in [4.78, 5) is 22.4. The van der Waals surface area contributed by atoms with Crippen LogP contribution in [0.4, 0.5) is 0 Å². The van der Waals surface area contributed by atoms with E-state index in [1.54, 1.807) is 17.4 Å². The van der Waals surface area contributed by atoms with Gasteiger partial charge in [-0.25, -0.2) is 9.59 Å². The first-order valence-electron chi connectivity index (χ1n) is 8.19. The number of carbonyl (C=O) groups is 2. The zero-order valence-corrected chi connectivity index (χ0v) is 15.0. The third-order valence-corrected chi connectivity index (χ3v) is 5.03. The number of fused-ring (bicyclic) bond motifs is 3. The Labute approximate surface area is 155 Å². The molecule has 132 valence electrons. The van der Waals surface area contributed by atoms with Gasteiger partial charge in [0, 0.05) is 32.3 Å². The van der Waals surface area contributed by atoms with E-state index >= 15 is 0 Å². The molecule has 0 aliphatic rings. The van der Waals surface area contributed by atoms with Gasteiger partial charge in [-0.15, -0.1) is 11.3 Å². The van der Waals surface area contributed by atoms with E-state index in [-0.39, 0.29) is 0 Å². The van der Waals surface area contributed by atoms with Crippen molar-refractivity contribution in [1.82, 2.24) is 0 Å². The van der Waals surface area contributed by atoms with E-state index in [0.717, 1.165) is 29.0 Å². The molecule has 0 fully saturated rings. The van der Waals surface area contributed by atoms with Gasteiger partial charge in [-0.1, -0.05) is 25.3 Å². The average molecular weight is 366 g/mol. The number of thiophene rings is 1. The van der Waals surface area contributed by atoms with Crippen molar-refractivity contribution >= 4 is 43.4 Å². The molecule has 0 N–H and O–H groups in total. The highest BCUT2D eigenvalue weighted by Gasteiger charge is 2.08. The predicted molar refractivity (Wildman–Crippen MR) is 105 cm³/mol. The molecule has 3 rings (SSSR count). The van der Waals surface area contributed by atoms with Crippen LogP contribution in [0.15, 0.2) is 61.7 Å². The van der Waals surface area contributed by atoms with Crippen molar-refractivity contribution in [2.45, 2.75) is 12.8 Å². The predicted octanol–water partition coefficient (Wildman–Crippen LogP) is 4.81. The third-order valence-electron chi connectivity index (χ3n) is 3.92. The van der Waals surface area contributed by atoms with Crippen LogP contribution >= 0.6 is 11.3 Å². The number of carbonyl (C=O) groups excluding carboxylic acids is 2. The highest BCUT2D eigenvalue weighted by atomic mass is 32.1. The molecule has 0 aliphatic carbocycles. The molecule has 5 heteroatoms. The van der Waals surface area contributed by atoms with Gasteiger partial charge in [-0.3, -0.25) is 0 Å². The number of ether oxygens (including phenoxy) is 2. The maximum Gasteiger partial charge on any atom is 0.335 e. The van der Waals surface area contributed by atoms with Crippen LogP contribution in [0.25, 0.3) is 20.2 Å². The van der Waals surface area contributed by atoms with Crippen molar-refractivity contribution in [1.29, 1.82) is 0 Å². The van der Waals surface area contributed by atoms with Crippen LogP contribution in [-0.4, -0.2) is 18.5 Å². The fourth-order valence-electron chi connectivity index (χ4n) is 2.69. The van der Waals surface area contributed by atoms with Crippen LogP contribution in [-0.2, 0) is 20.7 Å². The fourth-order valence-corrected chi connectivity index (χ4v) is 3.88. The highest BCUT2D eigenvalue weighted by molar-refractivity contribution is 7.25. The summed E-state index contributed by atoms with van der Waals surface area (Å²) in [5.74, 6) is -0.346. The summed E-state index contributed by atoms with van der Waals surface area (Å²) in [6.07, 6.45) is 3.91. The topological polar surface area (TPSA) is 52.6 Å². The molecule has 0 saturated heterocycles. The normalized spacial score (nSPS) is 10.6. The van der Waals surface area contributed by atoms with Gasteiger partial charge in [-0.05, 0) is 42.7 Å². The molecule has 0 atom stereocenters. The zero-order chi connectivity index (χ0) is 18.5. The molecule has 3 aromatic rings. The standard InChI is InChI=1S/C21H18O4S/c1-3-20(22)24-11-5-6-14-7-9-16-17-10-8-15(25-21(23)4-2)13-19(17)26-18(16)12-14/h3-4,7-10,12-13H,1-2,5-6,11H2. The van der Waals surface area contributed by atoms with Gasteiger partial charge in [0.15, 0.2) is 0 Å². The summed E-state index contributed by atoms with van der Waals surface area (Å²) in [7, 11) is 0. The molecule has 0 unspecified atom stereocenters. The Morgan fingerprint density at radius 3 is 2.38 bits per heavy atom. The zero-order valence-electron chi connectivity index (χ0n) is 14.2. The first kappa shape index (κ1) is 17.9. The molecule has 0 aliphatic heterocycles. The van der Waals surface area contributed by atoms with Gasteiger partial charge in [0.25, 0.3) is 0 Å². The molecule has 26 heavy (non-hydrogen) atoms. The first-order valence-corrected chi connectivity index (χ1v) is 9.01. The van der Waals surface area contributed by atoms with Crippen LogP contribution in [0.5, 0.6) is 5.75 Å². The number of rotatable bonds is 7. The molecule has 0 saturated carbocycles. The Balaban J connectivity index is 1.77. The third kappa shape index (κ3) is 4.00. The lowest BCUT2D eigenvalue weighted by atomic mass is 10.1. The molecule has 4 nitrogen and oxygen atoms in total. The van der Waals surface area contributed by atoms with Crippen molar-refractivity contribution < 1.29 is 19.1 Å². The minimum Gasteiger partial charge on any atom is -0.463 e. The summed E-state index contributed by atoms with van der Waals surface area (Å²) in [6.45, 7) is 7.16. The summed E-state index contributed by atoms with van der Waals surface area (Å²) < 4.78 is 12.4. The lowest BCUT2D eigenvalue weighted by Gasteiger charge is -2.03. The molecular formula is C21H18O4S. The molecular weight excluding hydrogens is 348 g/mol. The smallest absolute Gasteiger partial charge is 0.335 e. The summed E-state index contributed by atoms with van der Waals surface area (Å²) >= 11 is 1.66. The van der Waals surface area contributed by atoms with Crippen molar-refractivity contribution in [3.63, 3.8) is 0 Å². The van der Waals surface area contributed by atoms with Crippen LogP contribution in [0, 0.1) is 0 Å². The number of benzene rings is 2. The quantitative estimate of drug-likeness (QED) is 0.261. The van der Waals surface area contributed by atoms with Gasteiger partial charge >= 0.3 is 11.9 Å². The van der Waals surface area contributed by atoms with E-state index in [2.05, 4.69) is 31.4 Å². The Morgan fingerprint density at radius 1 is 0.962 bits per heavy atom. The van der Waals surface area contributed by atoms with Crippen molar-refractivity contribution in [2.24, 2.45) is 0 Å². The monoisotopic (exact) mass is 366 g/mol. The van der Waals surface area contributed by atoms with Crippen LogP contribution < -0.4 is 4.74 Å². The number of hydrogen-bond donors (Lipinski definition) is 0. The second-order valence-electron chi connectivity index (χ2n) is 5.69. The van der Waals surface area contributed by atoms with E-state index < -0.39 is 11.9 Å². The molecule has 0 amide bonds. The average Bonchev–Trinajstić information content (AvgIpc) is 3.01. The second-order valence-corrected chi connectivity index (χ2v) is 6.77. The first-order chi connectivity index (χ1) is 12.6. The van der Waals surface area contributed by atoms with Gasteiger partial charge in [-0.2, -0.15) is 0 Å². The molecule has 1 aromatic heterocycles. The molecule has 2 aromatic carbocycles. The summed E-state index contributed by atoms with van der Waals surface area (Å²) in [6, 6.07) is 12.0. The van der Waals surface area contributed by atoms with Crippen LogP contribution in [0.2, 0.25) is 0 Å². The number of esters is 2. The van der Waals surface area contributed by atoms with E-state index in [1.807, 2.05) is 12.1 Å². The van der Waals surface area contributed by atoms with Gasteiger partial charge in [0.1, 0.15) is 5.75 Å². The summed E-state index contributed by atoms with van der Waals surface area (Å²) in [5.41, 5.74) is 1.19. The minimum atomic E-state index is -0.468. The van der Waals surface area contributed by atoms with Crippen LogP contribution in [0.1, 0.15) is 12.0 Å². The lowest BCUT2D eigenvalue weighted by Crippen LogP contribution is -2.02. The molecule has 1 heterocycles. The maximum absolute atomic E-state index is 11.3. The Hall–Kier alpha value is -2.92. The van der Waals surface area contributed by atoms with Gasteiger partial charge < -0.3 is 9.47 Å². The van der Waals surface area contributed by atoms with Crippen LogP contribution in [0.3, 0.4) is 0 Å². The molecule has 0 bridgehead atoms. The number of aryl methyl sites for hydroxylation is 1. The minimum absolute atomic E-state index is 0.382. The fraction of sp³-hybridized carbons (Fsp3) is 0.143. The van der Waals surface area contributed by atoms with E-state index in [9.17, 15) is 9.59 Å². The largest absolute Gasteiger partial charge is 0.463 e. The SMILES string of the molecule is C=CC(=O)OCCCc1ccc2c(c1)sc1cc(OC(=O)C=C)ccc12. The molecule has 0 spiro atoms. The molecule has 0 radical (unpaired) electrons. The summed E-state index contributed by atoms with van der Waals surface area (Å²) in [5, 5.41) is 2.31. The highest BCUT2D eigenvalue weighted by Crippen LogP contribution is 2.36. The Kier molecular flexibility index (Phi) is 5.49. The second kappa shape index (κ2) is 7.97. The van der Waals surface area contributed by atoms with Gasteiger partial charge in [0.2, 0.25) is 0 Å². The van der Waals surface area contributed by atoms with Gasteiger partial charge in [0.05, 0.1) is 6.61 Å². The van der Waals surface area contributed by atoms with E-state index in [0.29, 0.717) is 12.4 Å². The maximum atomic E-state index is 11.3. The lowest BCUT2D eigenvalue weighted by molar-refractivity contribution is -0.137. The number of hydrogen-bond acceptors (Lipinski definition) is 5. The Morgan fingerprint density at radius 2 is 1.65 bits per heavy atom. The Bertz CT molecular complexity index is 1000.